The number of para-hydroxylation sites is 1. The summed E-state index contributed by atoms with van der Waals surface area (Å²) in [5.74, 6) is -0.327. The summed E-state index contributed by atoms with van der Waals surface area (Å²) in [6.45, 7) is 3.37. The summed E-state index contributed by atoms with van der Waals surface area (Å²) in [7, 11) is 0. The van der Waals surface area contributed by atoms with Crippen molar-refractivity contribution in [2.24, 2.45) is 0 Å². The van der Waals surface area contributed by atoms with E-state index in [1.165, 1.54) is 27.8 Å². The number of aromatic nitrogens is 1. The van der Waals surface area contributed by atoms with Crippen molar-refractivity contribution in [1.82, 2.24) is 4.57 Å². The molecule has 3 nitrogen and oxygen atoms in total. The van der Waals surface area contributed by atoms with Crippen LogP contribution in [0.5, 0.6) is 0 Å². The summed E-state index contributed by atoms with van der Waals surface area (Å²) in [5.41, 5.74) is 3.95. The molecule has 0 saturated carbocycles. The number of carbonyl (C=O) groups excluding carboxylic acids is 1. The summed E-state index contributed by atoms with van der Waals surface area (Å²) in [6.07, 6.45) is -1.30. The number of benzene rings is 2. The maximum Gasteiger partial charge on any atom is 0.418 e. The fourth-order valence-electron chi connectivity index (χ4n) is 4.12. The highest BCUT2D eigenvalue weighted by atomic mass is 19.4. The van der Waals surface area contributed by atoms with Crippen molar-refractivity contribution in [3.63, 3.8) is 0 Å². The first-order chi connectivity index (χ1) is 13.8. The third kappa shape index (κ3) is 3.55. The van der Waals surface area contributed by atoms with Crippen LogP contribution in [0, 0.1) is 13.8 Å². The van der Waals surface area contributed by atoms with Gasteiger partial charge in [0.05, 0.1) is 16.8 Å². The molecular formula is C23H21F3N2O. The molecule has 0 bridgehead atoms. The molecule has 1 aliphatic rings. The van der Waals surface area contributed by atoms with Crippen LogP contribution in [0.1, 0.15) is 44.9 Å². The van der Waals surface area contributed by atoms with Gasteiger partial charge in [-0.05, 0) is 74.6 Å². The Bertz CT molecular complexity index is 1100. The molecule has 1 aromatic heterocycles. The molecule has 29 heavy (non-hydrogen) atoms. The summed E-state index contributed by atoms with van der Waals surface area (Å²) in [4.78, 5) is 12.9. The second-order valence-electron chi connectivity index (χ2n) is 7.43. The molecule has 0 atom stereocenters. The number of halogens is 3. The Labute approximate surface area is 167 Å². The molecule has 6 heteroatoms. The molecule has 0 aliphatic heterocycles. The number of hydrogen-bond donors (Lipinski definition) is 1. The average molecular weight is 398 g/mol. The zero-order chi connectivity index (χ0) is 20.8. The van der Waals surface area contributed by atoms with Crippen LogP contribution in [0.2, 0.25) is 0 Å². The van der Waals surface area contributed by atoms with Gasteiger partial charge in [0, 0.05) is 17.1 Å². The second-order valence-corrected chi connectivity index (χ2v) is 7.43. The molecule has 0 unspecified atom stereocenters. The Hall–Kier alpha value is -3.02. The van der Waals surface area contributed by atoms with E-state index in [9.17, 15) is 18.0 Å². The molecular weight excluding hydrogens is 377 g/mol. The van der Waals surface area contributed by atoms with Crippen LogP contribution in [-0.2, 0) is 19.0 Å². The molecule has 0 spiro atoms. The van der Waals surface area contributed by atoms with E-state index in [-0.39, 0.29) is 11.6 Å². The number of alkyl halides is 3. The van der Waals surface area contributed by atoms with Gasteiger partial charge in [0.25, 0.3) is 5.91 Å². The number of fused-ring (bicyclic) bond motifs is 1. The number of aryl methyl sites for hydroxylation is 3. The minimum Gasteiger partial charge on any atom is -0.322 e. The third-order valence-electron chi connectivity index (χ3n) is 5.48. The van der Waals surface area contributed by atoms with Gasteiger partial charge in [-0.25, -0.2) is 0 Å². The van der Waals surface area contributed by atoms with E-state index in [4.69, 9.17) is 0 Å². The zero-order valence-corrected chi connectivity index (χ0v) is 16.2. The van der Waals surface area contributed by atoms with Gasteiger partial charge in [0.1, 0.15) is 0 Å². The Morgan fingerprint density at radius 1 is 1.00 bits per heavy atom. The highest BCUT2D eigenvalue weighted by Crippen LogP contribution is 2.35. The number of nitrogens with zero attached hydrogens (tertiary/aromatic N) is 1. The molecule has 4 rings (SSSR count). The van der Waals surface area contributed by atoms with Crippen LogP contribution in [0.3, 0.4) is 0 Å². The van der Waals surface area contributed by atoms with Crippen molar-refractivity contribution in [2.45, 2.75) is 39.3 Å². The molecule has 1 aliphatic carbocycles. The van der Waals surface area contributed by atoms with E-state index >= 15 is 0 Å². The van der Waals surface area contributed by atoms with Crippen molar-refractivity contribution in [3.05, 3.63) is 82.2 Å². The lowest BCUT2D eigenvalue weighted by atomic mass is 10.1. The molecule has 2 aromatic carbocycles. The Morgan fingerprint density at radius 2 is 1.72 bits per heavy atom. The van der Waals surface area contributed by atoms with E-state index in [1.54, 1.807) is 26.0 Å². The van der Waals surface area contributed by atoms with Crippen LogP contribution >= 0.6 is 0 Å². The van der Waals surface area contributed by atoms with Crippen LogP contribution in [0.4, 0.5) is 18.9 Å². The quantitative estimate of drug-likeness (QED) is 0.590. The highest BCUT2D eigenvalue weighted by Gasteiger charge is 2.34. The molecule has 1 amide bonds. The Morgan fingerprint density at radius 3 is 2.48 bits per heavy atom. The van der Waals surface area contributed by atoms with Crippen molar-refractivity contribution in [2.75, 3.05) is 5.32 Å². The molecule has 3 aromatic rings. The number of nitrogens with one attached hydrogen (secondary N) is 1. The zero-order valence-electron chi connectivity index (χ0n) is 16.2. The lowest BCUT2D eigenvalue weighted by Crippen LogP contribution is -2.15. The molecule has 1 N–H and O–H groups in total. The topological polar surface area (TPSA) is 34.0 Å². The minimum absolute atomic E-state index is 0.0200. The third-order valence-corrected chi connectivity index (χ3v) is 5.48. The van der Waals surface area contributed by atoms with Crippen LogP contribution < -0.4 is 5.32 Å². The van der Waals surface area contributed by atoms with E-state index in [0.717, 1.165) is 25.3 Å². The van der Waals surface area contributed by atoms with E-state index in [0.29, 0.717) is 22.6 Å². The molecule has 150 valence electrons. The first-order valence-corrected chi connectivity index (χ1v) is 9.54. The first-order valence-electron chi connectivity index (χ1n) is 9.54. The Balaban J connectivity index is 1.69. The SMILES string of the molecule is Cc1cc(C(=O)Nc2ccc3c(c2)CCC3)c(C)n1-c1ccccc1C(F)(F)F. The van der Waals surface area contributed by atoms with Gasteiger partial charge >= 0.3 is 6.18 Å². The molecule has 0 saturated heterocycles. The van der Waals surface area contributed by atoms with Gasteiger partial charge in [-0.1, -0.05) is 18.2 Å². The largest absolute Gasteiger partial charge is 0.418 e. The maximum atomic E-state index is 13.5. The number of hydrogen-bond acceptors (Lipinski definition) is 1. The summed E-state index contributed by atoms with van der Waals surface area (Å²) in [5, 5.41) is 2.89. The second kappa shape index (κ2) is 7.10. The first kappa shape index (κ1) is 19.3. The Kier molecular flexibility index (Phi) is 4.73. The van der Waals surface area contributed by atoms with E-state index < -0.39 is 11.7 Å². The standard InChI is InChI=1S/C23H21F3N2O/c1-14-12-19(22(29)27-18-11-10-16-6-5-7-17(16)13-18)15(2)28(14)21-9-4-3-8-20(21)23(24,25)26/h3-4,8-13H,5-7H2,1-2H3,(H,27,29). The summed E-state index contributed by atoms with van der Waals surface area (Å²) in [6, 6.07) is 12.9. The number of carbonyl (C=O) groups is 1. The predicted octanol–water partition coefficient (Wildman–Crippen LogP) is 5.85. The van der Waals surface area contributed by atoms with E-state index in [1.807, 2.05) is 18.2 Å². The predicted molar refractivity (Wildman–Crippen MR) is 107 cm³/mol. The molecule has 0 radical (unpaired) electrons. The van der Waals surface area contributed by atoms with Crippen molar-refractivity contribution in [1.29, 1.82) is 0 Å². The number of rotatable bonds is 3. The minimum atomic E-state index is -4.48. The van der Waals surface area contributed by atoms with Gasteiger partial charge in [-0.3, -0.25) is 4.79 Å². The fraction of sp³-hybridized carbons (Fsp3) is 0.261. The smallest absolute Gasteiger partial charge is 0.322 e. The lowest BCUT2D eigenvalue weighted by Gasteiger charge is -2.17. The lowest BCUT2D eigenvalue weighted by molar-refractivity contribution is -0.137. The van der Waals surface area contributed by atoms with E-state index in [2.05, 4.69) is 5.32 Å². The highest BCUT2D eigenvalue weighted by molar-refractivity contribution is 6.05. The van der Waals surface area contributed by atoms with Gasteiger partial charge in [0.2, 0.25) is 0 Å². The van der Waals surface area contributed by atoms with Crippen molar-refractivity contribution < 1.29 is 18.0 Å². The van der Waals surface area contributed by atoms with Crippen LogP contribution in [0.15, 0.2) is 48.5 Å². The van der Waals surface area contributed by atoms with Gasteiger partial charge in [0.15, 0.2) is 0 Å². The van der Waals surface area contributed by atoms with Crippen molar-refractivity contribution in [3.8, 4) is 5.69 Å². The van der Waals surface area contributed by atoms with Crippen LogP contribution in [-0.4, -0.2) is 10.5 Å². The molecule has 0 fully saturated rings. The van der Waals surface area contributed by atoms with Gasteiger partial charge in [-0.15, -0.1) is 0 Å². The fourth-order valence-corrected chi connectivity index (χ4v) is 4.12. The van der Waals surface area contributed by atoms with Gasteiger partial charge in [-0.2, -0.15) is 13.2 Å². The van der Waals surface area contributed by atoms with Crippen molar-refractivity contribution >= 4 is 11.6 Å². The maximum absolute atomic E-state index is 13.5. The monoisotopic (exact) mass is 398 g/mol. The summed E-state index contributed by atoms with van der Waals surface area (Å²) < 4.78 is 41.9. The van der Waals surface area contributed by atoms with Gasteiger partial charge < -0.3 is 9.88 Å². The number of amides is 1. The molecule has 1 heterocycles. The number of anilines is 1. The normalized spacial score (nSPS) is 13.4. The average Bonchev–Trinajstić information content (AvgIpc) is 3.24. The van der Waals surface area contributed by atoms with Crippen LogP contribution in [0.25, 0.3) is 5.69 Å². The summed E-state index contributed by atoms with van der Waals surface area (Å²) >= 11 is 0.